The van der Waals surface area contributed by atoms with Gasteiger partial charge in [0.05, 0.1) is 0 Å². The Morgan fingerprint density at radius 2 is 1.60 bits per heavy atom. The van der Waals surface area contributed by atoms with E-state index in [1.165, 1.54) is 65.1 Å². The number of hydrogen-bond acceptors (Lipinski definition) is 3. The average Bonchev–Trinajstić information content (AvgIpc) is 2.72. The molecule has 0 aromatic carbocycles. The molecule has 118 valence electrons. The normalized spacial score (nSPS) is 26.9. The molecule has 0 amide bonds. The Balaban J connectivity index is 1.78. The predicted octanol–water partition coefficient (Wildman–Crippen LogP) is 2.52. The van der Waals surface area contributed by atoms with Crippen LogP contribution >= 0.6 is 0 Å². The molecule has 0 bridgehead atoms. The number of likely N-dealkylation sites (tertiary alicyclic amines) is 1. The van der Waals surface area contributed by atoms with E-state index in [0.29, 0.717) is 0 Å². The number of likely N-dealkylation sites (N-methyl/N-ethyl adjacent to an activating group) is 1. The first kappa shape index (κ1) is 16.3. The van der Waals surface area contributed by atoms with Crippen LogP contribution in [0.15, 0.2) is 0 Å². The van der Waals surface area contributed by atoms with E-state index in [-0.39, 0.29) is 0 Å². The van der Waals surface area contributed by atoms with Crippen molar-refractivity contribution >= 4 is 0 Å². The zero-order valence-corrected chi connectivity index (χ0v) is 14.1. The maximum atomic E-state index is 2.78. The summed E-state index contributed by atoms with van der Waals surface area (Å²) >= 11 is 0. The molecule has 2 rings (SSSR count). The molecule has 20 heavy (non-hydrogen) atoms. The molecule has 2 fully saturated rings. The molecule has 2 saturated heterocycles. The lowest BCUT2D eigenvalue weighted by Crippen LogP contribution is -2.49. The fraction of sp³-hybridized carbons (Fsp3) is 1.00. The molecule has 2 aliphatic rings. The highest BCUT2D eigenvalue weighted by molar-refractivity contribution is 4.84. The fourth-order valence-corrected chi connectivity index (χ4v) is 3.75. The Hall–Kier alpha value is -0.120. The molecule has 2 heterocycles. The quantitative estimate of drug-likeness (QED) is 0.784. The summed E-state index contributed by atoms with van der Waals surface area (Å²) in [6, 6.07) is 1.60. The maximum absolute atomic E-state index is 2.78. The van der Waals surface area contributed by atoms with Crippen molar-refractivity contribution < 1.29 is 0 Å². The second-order valence-corrected chi connectivity index (χ2v) is 7.08. The Bertz CT molecular complexity index is 271. The predicted molar refractivity (Wildman–Crippen MR) is 87.2 cm³/mol. The summed E-state index contributed by atoms with van der Waals surface area (Å²) in [5.41, 5.74) is 0. The number of hydrogen-bond donors (Lipinski definition) is 0. The highest BCUT2D eigenvalue weighted by Gasteiger charge is 2.28. The van der Waals surface area contributed by atoms with E-state index in [1.54, 1.807) is 0 Å². The van der Waals surface area contributed by atoms with Gasteiger partial charge >= 0.3 is 0 Å². The third-order valence-corrected chi connectivity index (χ3v) is 5.63. The Labute approximate surface area is 126 Å². The van der Waals surface area contributed by atoms with Crippen LogP contribution in [0.5, 0.6) is 0 Å². The van der Waals surface area contributed by atoms with Crippen LogP contribution in [0.3, 0.4) is 0 Å². The summed E-state index contributed by atoms with van der Waals surface area (Å²) < 4.78 is 0. The van der Waals surface area contributed by atoms with Gasteiger partial charge in [-0.25, -0.2) is 0 Å². The van der Waals surface area contributed by atoms with Crippen LogP contribution in [-0.2, 0) is 0 Å². The van der Waals surface area contributed by atoms with Crippen LogP contribution in [0.1, 0.15) is 47.0 Å². The van der Waals surface area contributed by atoms with Crippen LogP contribution < -0.4 is 0 Å². The molecule has 0 aromatic rings. The van der Waals surface area contributed by atoms with Crippen molar-refractivity contribution in [3.63, 3.8) is 0 Å². The molecule has 0 aromatic heterocycles. The first-order chi connectivity index (χ1) is 9.61. The zero-order chi connectivity index (χ0) is 14.5. The lowest BCUT2D eigenvalue weighted by atomic mass is 9.97. The van der Waals surface area contributed by atoms with E-state index in [2.05, 4.69) is 42.4 Å². The van der Waals surface area contributed by atoms with Crippen molar-refractivity contribution in [1.82, 2.24) is 14.7 Å². The molecule has 0 spiro atoms. The third-order valence-electron chi connectivity index (χ3n) is 5.63. The molecular weight excluding hydrogens is 246 g/mol. The van der Waals surface area contributed by atoms with Crippen molar-refractivity contribution in [3.05, 3.63) is 0 Å². The summed E-state index contributed by atoms with van der Waals surface area (Å²) in [4.78, 5) is 8.10. The SMILES string of the molecule is CCN1CCCN(C2CCN(C(C)C(C)C)CC2)CC1. The van der Waals surface area contributed by atoms with E-state index in [4.69, 9.17) is 0 Å². The molecule has 0 aliphatic carbocycles. The highest BCUT2D eigenvalue weighted by atomic mass is 15.3. The first-order valence-electron chi connectivity index (χ1n) is 8.82. The Morgan fingerprint density at radius 3 is 2.20 bits per heavy atom. The van der Waals surface area contributed by atoms with Crippen molar-refractivity contribution in [2.75, 3.05) is 45.8 Å². The van der Waals surface area contributed by atoms with Gasteiger partial charge in [0.2, 0.25) is 0 Å². The molecule has 3 nitrogen and oxygen atoms in total. The zero-order valence-electron chi connectivity index (χ0n) is 14.1. The largest absolute Gasteiger partial charge is 0.302 e. The van der Waals surface area contributed by atoms with Crippen LogP contribution in [0.2, 0.25) is 0 Å². The number of rotatable bonds is 4. The lowest BCUT2D eigenvalue weighted by molar-refractivity contribution is 0.0760. The minimum atomic E-state index is 0.746. The van der Waals surface area contributed by atoms with Gasteiger partial charge in [-0.2, -0.15) is 0 Å². The van der Waals surface area contributed by atoms with Gasteiger partial charge in [0.25, 0.3) is 0 Å². The van der Waals surface area contributed by atoms with Gasteiger partial charge in [0.1, 0.15) is 0 Å². The molecular formula is C17H35N3. The van der Waals surface area contributed by atoms with Crippen molar-refractivity contribution in [1.29, 1.82) is 0 Å². The van der Waals surface area contributed by atoms with Crippen molar-refractivity contribution in [3.8, 4) is 0 Å². The first-order valence-corrected chi connectivity index (χ1v) is 8.82. The van der Waals surface area contributed by atoms with Gasteiger partial charge in [0, 0.05) is 25.2 Å². The van der Waals surface area contributed by atoms with Gasteiger partial charge in [-0.15, -0.1) is 0 Å². The van der Waals surface area contributed by atoms with Gasteiger partial charge in [0.15, 0.2) is 0 Å². The molecule has 0 N–H and O–H groups in total. The Kier molecular flexibility index (Phi) is 6.31. The van der Waals surface area contributed by atoms with E-state index >= 15 is 0 Å². The molecule has 0 saturated carbocycles. The van der Waals surface area contributed by atoms with Crippen LogP contribution in [0.25, 0.3) is 0 Å². The molecule has 0 radical (unpaired) electrons. The lowest BCUT2D eigenvalue weighted by Gasteiger charge is -2.41. The average molecular weight is 281 g/mol. The second-order valence-electron chi connectivity index (χ2n) is 7.08. The fourth-order valence-electron chi connectivity index (χ4n) is 3.75. The monoisotopic (exact) mass is 281 g/mol. The number of nitrogens with zero attached hydrogens (tertiary/aromatic N) is 3. The third kappa shape index (κ3) is 4.19. The summed E-state index contributed by atoms with van der Waals surface area (Å²) in [5, 5.41) is 0. The molecule has 3 heteroatoms. The van der Waals surface area contributed by atoms with E-state index in [9.17, 15) is 0 Å². The summed E-state index contributed by atoms with van der Waals surface area (Å²) in [6.07, 6.45) is 4.11. The summed E-state index contributed by atoms with van der Waals surface area (Å²) in [5.74, 6) is 0.780. The summed E-state index contributed by atoms with van der Waals surface area (Å²) in [6.45, 7) is 18.4. The maximum Gasteiger partial charge on any atom is 0.0120 e. The van der Waals surface area contributed by atoms with Crippen LogP contribution in [0, 0.1) is 5.92 Å². The molecule has 2 aliphatic heterocycles. The minimum Gasteiger partial charge on any atom is -0.302 e. The highest BCUT2D eigenvalue weighted by Crippen LogP contribution is 2.22. The summed E-state index contributed by atoms with van der Waals surface area (Å²) in [7, 11) is 0. The smallest absolute Gasteiger partial charge is 0.0120 e. The van der Waals surface area contributed by atoms with E-state index in [1.807, 2.05) is 0 Å². The minimum absolute atomic E-state index is 0.746. The Morgan fingerprint density at radius 1 is 0.900 bits per heavy atom. The second kappa shape index (κ2) is 7.77. The van der Waals surface area contributed by atoms with Crippen LogP contribution in [0.4, 0.5) is 0 Å². The van der Waals surface area contributed by atoms with Crippen LogP contribution in [-0.4, -0.2) is 72.6 Å². The van der Waals surface area contributed by atoms with Crippen molar-refractivity contribution in [2.24, 2.45) is 5.92 Å². The number of piperidine rings is 1. The standard InChI is InChI=1S/C17H35N3/c1-5-18-9-6-10-20(14-13-18)17-7-11-19(12-8-17)16(4)15(2)3/h15-17H,5-14H2,1-4H3. The van der Waals surface area contributed by atoms with Gasteiger partial charge < -0.3 is 9.80 Å². The van der Waals surface area contributed by atoms with Gasteiger partial charge in [-0.1, -0.05) is 20.8 Å². The van der Waals surface area contributed by atoms with Crippen molar-refractivity contribution in [2.45, 2.75) is 59.0 Å². The topological polar surface area (TPSA) is 9.72 Å². The van der Waals surface area contributed by atoms with Gasteiger partial charge in [-0.3, -0.25) is 4.90 Å². The molecule has 1 unspecified atom stereocenters. The van der Waals surface area contributed by atoms with E-state index < -0.39 is 0 Å². The molecule has 1 atom stereocenters. The van der Waals surface area contributed by atoms with E-state index in [0.717, 1.165) is 18.0 Å². The van der Waals surface area contributed by atoms with Gasteiger partial charge in [-0.05, 0) is 64.8 Å².